The lowest BCUT2D eigenvalue weighted by atomic mass is 10.2. The maximum Gasteiger partial charge on any atom is 0.387 e. The van der Waals surface area contributed by atoms with E-state index in [1.165, 1.54) is 13.2 Å². The smallest absolute Gasteiger partial charge is 0.387 e. The van der Waals surface area contributed by atoms with E-state index in [-0.39, 0.29) is 48.2 Å². The number of nitrogens with zero attached hydrogens (tertiary/aromatic N) is 1. The van der Waals surface area contributed by atoms with Crippen molar-refractivity contribution in [1.29, 1.82) is 0 Å². The zero-order valence-electron chi connectivity index (χ0n) is 13.7. The van der Waals surface area contributed by atoms with Crippen molar-refractivity contribution in [3.8, 4) is 5.75 Å². The van der Waals surface area contributed by atoms with Gasteiger partial charge in [-0.2, -0.15) is 8.78 Å². The van der Waals surface area contributed by atoms with Gasteiger partial charge in [-0.3, -0.25) is 9.79 Å². The Bertz CT molecular complexity index is 544. The number of hydrogen-bond acceptors (Lipinski definition) is 4. The Morgan fingerprint density at radius 2 is 1.96 bits per heavy atom. The van der Waals surface area contributed by atoms with E-state index in [0.29, 0.717) is 18.1 Å². The lowest BCUT2D eigenvalue weighted by molar-refractivity contribution is -0.144. The van der Waals surface area contributed by atoms with Crippen LogP contribution < -0.4 is 15.4 Å². The second-order valence-electron chi connectivity index (χ2n) is 4.72. The topological polar surface area (TPSA) is 72.0 Å². The fourth-order valence-corrected chi connectivity index (χ4v) is 1.79. The molecule has 1 aromatic rings. The number of ether oxygens (including phenoxy) is 2. The number of halogens is 3. The van der Waals surface area contributed by atoms with Crippen LogP contribution in [0.25, 0.3) is 0 Å². The van der Waals surface area contributed by atoms with Gasteiger partial charge in [-0.25, -0.2) is 0 Å². The van der Waals surface area contributed by atoms with Gasteiger partial charge in [0.15, 0.2) is 5.96 Å². The molecule has 0 radical (unpaired) electrons. The van der Waals surface area contributed by atoms with E-state index in [9.17, 15) is 13.6 Å². The van der Waals surface area contributed by atoms with Gasteiger partial charge in [0.2, 0.25) is 0 Å². The summed E-state index contributed by atoms with van der Waals surface area (Å²) in [4.78, 5) is 15.3. The monoisotopic (exact) mass is 457 g/mol. The molecule has 1 unspecified atom stereocenters. The molecule has 0 saturated heterocycles. The second-order valence-corrected chi connectivity index (χ2v) is 4.72. The lowest BCUT2D eigenvalue weighted by Crippen LogP contribution is -2.40. The molecule has 2 N–H and O–H groups in total. The van der Waals surface area contributed by atoms with Gasteiger partial charge in [0.25, 0.3) is 0 Å². The molecule has 1 atom stereocenters. The number of aliphatic imine (C=N–C) groups is 1. The van der Waals surface area contributed by atoms with Crippen molar-refractivity contribution in [1.82, 2.24) is 10.6 Å². The van der Waals surface area contributed by atoms with Crippen molar-refractivity contribution in [2.75, 3.05) is 20.7 Å². The Morgan fingerprint density at radius 1 is 1.29 bits per heavy atom. The minimum Gasteiger partial charge on any atom is -0.469 e. The van der Waals surface area contributed by atoms with Gasteiger partial charge in [-0.05, 0) is 6.07 Å². The van der Waals surface area contributed by atoms with Gasteiger partial charge in [0.1, 0.15) is 5.75 Å². The van der Waals surface area contributed by atoms with Crippen LogP contribution in [0.3, 0.4) is 0 Å². The average molecular weight is 457 g/mol. The number of esters is 1. The van der Waals surface area contributed by atoms with Gasteiger partial charge in [0.05, 0.1) is 13.0 Å². The fourth-order valence-electron chi connectivity index (χ4n) is 1.79. The van der Waals surface area contributed by atoms with Gasteiger partial charge in [0, 0.05) is 25.7 Å². The van der Waals surface area contributed by atoms with E-state index in [2.05, 4.69) is 25.1 Å². The minimum atomic E-state index is -2.88. The largest absolute Gasteiger partial charge is 0.469 e. The first-order valence-electron chi connectivity index (χ1n) is 7.03. The number of carbonyl (C=O) groups is 1. The van der Waals surface area contributed by atoms with Crippen LogP contribution in [0.2, 0.25) is 0 Å². The molecule has 0 saturated carbocycles. The molecule has 0 heterocycles. The van der Waals surface area contributed by atoms with Crippen LogP contribution in [0.1, 0.15) is 12.5 Å². The van der Waals surface area contributed by atoms with E-state index >= 15 is 0 Å². The van der Waals surface area contributed by atoms with Crippen molar-refractivity contribution in [3.63, 3.8) is 0 Å². The molecule has 0 aliphatic rings. The highest BCUT2D eigenvalue weighted by Gasteiger charge is 2.14. The molecule has 1 aromatic carbocycles. The number of carbonyl (C=O) groups excluding carboxylic acids is 1. The predicted molar refractivity (Wildman–Crippen MR) is 97.9 cm³/mol. The van der Waals surface area contributed by atoms with E-state index in [4.69, 9.17) is 0 Å². The number of methoxy groups -OCH3 is 1. The number of guanidine groups is 1. The Morgan fingerprint density at radius 3 is 2.54 bits per heavy atom. The first-order valence-corrected chi connectivity index (χ1v) is 7.03. The van der Waals surface area contributed by atoms with Crippen molar-refractivity contribution in [3.05, 3.63) is 29.8 Å². The van der Waals surface area contributed by atoms with Gasteiger partial charge >= 0.3 is 12.6 Å². The molecule has 0 fully saturated rings. The molecule has 136 valence electrons. The van der Waals surface area contributed by atoms with Crippen LogP contribution in [0, 0.1) is 5.92 Å². The third-order valence-corrected chi connectivity index (χ3v) is 3.04. The predicted octanol–water partition coefficient (Wildman–Crippen LogP) is 2.38. The fraction of sp³-hybridized carbons (Fsp3) is 0.467. The lowest BCUT2D eigenvalue weighted by Gasteiger charge is -2.16. The molecular formula is C15H22F2IN3O3. The average Bonchev–Trinajstić information content (AvgIpc) is 2.54. The van der Waals surface area contributed by atoms with Crippen molar-refractivity contribution in [2.45, 2.75) is 20.1 Å². The molecular weight excluding hydrogens is 435 g/mol. The molecule has 24 heavy (non-hydrogen) atoms. The molecule has 0 aliphatic carbocycles. The van der Waals surface area contributed by atoms with Crippen molar-refractivity contribution >= 4 is 35.9 Å². The van der Waals surface area contributed by atoms with E-state index in [1.807, 2.05) is 0 Å². The Balaban J connectivity index is 0.00000529. The standard InChI is InChI=1S/C15H21F2N3O3.HI/c1-10(13(21)22-3)8-19-15(18-2)20-9-11-6-4-5-7-12(11)23-14(16)17;/h4-7,10,14H,8-9H2,1-3H3,(H2,18,19,20);1H. The number of rotatable bonds is 7. The number of benzene rings is 1. The molecule has 0 amide bonds. The summed E-state index contributed by atoms with van der Waals surface area (Å²) in [6.07, 6.45) is 0. The summed E-state index contributed by atoms with van der Waals surface area (Å²) in [5, 5.41) is 5.94. The normalized spacial score (nSPS) is 12.2. The summed E-state index contributed by atoms with van der Waals surface area (Å²) in [6, 6.07) is 6.49. The van der Waals surface area contributed by atoms with Crippen LogP contribution in [-0.4, -0.2) is 39.2 Å². The highest BCUT2D eigenvalue weighted by molar-refractivity contribution is 14.0. The highest BCUT2D eigenvalue weighted by Crippen LogP contribution is 2.19. The molecule has 9 heteroatoms. The quantitative estimate of drug-likeness (QED) is 0.285. The van der Waals surface area contributed by atoms with Crippen molar-refractivity contribution in [2.24, 2.45) is 10.9 Å². The number of para-hydroxylation sites is 1. The van der Waals surface area contributed by atoms with Crippen LogP contribution in [0.15, 0.2) is 29.3 Å². The Hall–Kier alpha value is -1.65. The van der Waals surface area contributed by atoms with Crippen molar-refractivity contribution < 1.29 is 23.0 Å². The van der Waals surface area contributed by atoms with Crippen LogP contribution in [0.5, 0.6) is 5.75 Å². The number of hydrogen-bond donors (Lipinski definition) is 2. The second kappa shape index (κ2) is 11.8. The van der Waals surface area contributed by atoms with E-state index < -0.39 is 6.61 Å². The molecule has 0 spiro atoms. The van der Waals surface area contributed by atoms with Gasteiger partial charge in [-0.15, -0.1) is 24.0 Å². The summed E-state index contributed by atoms with van der Waals surface area (Å²) >= 11 is 0. The Kier molecular flexibility index (Phi) is 11.0. The SMILES string of the molecule is CN=C(NCc1ccccc1OC(F)F)NCC(C)C(=O)OC.I. The first-order chi connectivity index (χ1) is 11.0. The molecule has 0 aromatic heterocycles. The van der Waals surface area contributed by atoms with E-state index in [0.717, 1.165) is 0 Å². The minimum absolute atomic E-state index is 0. The van der Waals surface area contributed by atoms with Crippen LogP contribution in [0.4, 0.5) is 8.78 Å². The van der Waals surface area contributed by atoms with Gasteiger partial charge in [-0.1, -0.05) is 25.1 Å². The number of alkyl halides is 2. The maximum atomic E-state index is 12.4. The zero-order chi connectivity index (χ0) is 17.2. The zero-order valence-corrected chi connectivity index (χ0v) is 16.0. The van der Waals surface area contributed by atoms with Crippen LogP contribution >= 0.6 is 24.0 Å². The summed E-state index contributed by atoms with van der Waals surface area (Å²) in [5.74, 6) is -0.127. The number of nitrogens with one attached hydrogen (secondary N) is 2. The molecule has 1 rings (SSSR count). The molecule has 0 aliphatic heterocycles. The third-order valence-electron chi connectivity index (χ3n) is 3.04. The molecule has 6 nitrogen and oxygen atoms in total. The highest BCUT2D eigenvalue weighted by atomic mass is 127. The first kappa shape index (κ1) is 22.4. The Labute approximate surface area is 157 Å². The summed E-state index contributed by atoms with van der Waals surface area (Å²) in [7, 11) is 2.89. The van der Waals surface area contributed by atoms with E-state index in [1.54, 1.807) is 32.2 Å². The summed E-state index contributed by atoms with van der Waals surface area (Å²) in [6.45, 7) is -0.580. The summed E-state index contributed by atoms with van der Waals surface area (Å²) < 4.78 is 33.8. The maximum absolute atomic E-state index is 12.4. The molecule has 0 bridgehead atoms. The summed E-state index contributed by atoms with van der Waals surface area (Å²) in [5.41, 5.74) is 0.566. The van der Waals surface area contributed by atoms with Gasteiger partial charge < -0.3 is 20.1 Å². The van der Waals surface area contributed by atoms with Crippen LogP contribution in [-0.2, 0) is 16.1 Å². The third kappa shape index (κ3) is 7.75.